The standard InChI is InChI=1S/C13H30N2/c1-6-9-14-10-13(7-2)15(8-3)11-12(4)5/h12-14H,6-11H2,1-5H3. The Hall–Kier alpha value is -0.0800. The molecule has 0 aliphatic rings. The Morgan fingerprint density at radius 3 is 2.20 bits per heavy atom. The van der Waals surface area contributed by atoms with E-state index >= 15 is 0 Å². The van der Waals surface area contributed by atoms with Gasteiger partial charge in [-0.25, -0.2) is 0 Å². The molecule has 0 amide bonds. The fourth-order valence-electron chi connectivity index (χ4n) is 1.98. The van der Waals surface area contributed by atoms with E-state index in [1.54, 1.807) is 0 Å². The van der Waals surface area contributed by atoms with E-state index in [2.05, 4.69) is 44.8 Å². The Bertz CT molecular complexity index is 134. The Balaban J connectivity index is 3.96. The molecule has 1 unspecified atom stereocenters. The summed E-state index contributed by atoms with van der Waals surface area (Å²) in [6, 6.07) is 0.712. The predicted octanol–water partition coefficient (Wildman–Crippen LogP) is 2.74. The van der Waals surface area contributed by atoms with Gasteiger partial charge in [0, 0.05) is 19.1 Å². The van der Waals surface area contributed by atoms with Crippen LogP contribution in [0.1, 0.15) is 47.5 Å². The van der Waals surface area contributed by atoms with Gasteiger partial charge in [0.1, 0.15) is 0 Å². The molecule has 0 aliphatic heterocycles. The van der Waals surface area contributed by atoms with Gasteiger partial charge < -0.3 is 5.32 Å². The highest BCUT2D eigenvalue weighted by Crippen LogP contribution is 2.07. The molecule has 0 aliphatic carbocycles. The van der Waals surface area contributed by atoms with Crippen LogP contribution in [0, 0.1) is 5.92 Å². The highest BCUT2D eigenvalue weighted by Gasteiger charge is 2.15. The Morgan fingerprint density at radius 2 is 1.80 bits per heavy atom. The van der Waals surface area contributed by atoms with Crippen LogP contribution < -0.4 is 5.32 Å². The monoisotopic (exact) mass is 214 g/mol. The van der Waals surface area contributed by atoms with Gasteiger partial charge in [0.25, 0.3) is 0 Å². The summed E-state index contributed by atoms with van der Waals surface area (Å²) in [5.74, 6) is 0.769. The third-order valence-electron chi connectivity index (χ3n) is 2.80. The van der Waals surface area contributed by atoms with Crippen LogP contribution in [0.25, 0.3) is 0 Å². The number of nitrogens with one attached hydrogen (secondary N) is 1. The molecule has 2 nitrogen and oxygen atoms in total. The molecule has 0 saturated carbocycles. The molecule has 0 aromatic rings. The Labute approximate surface area is 96.4 Å². The zero-order valence-electron chi connectivity index (χ0n) is 11.3. The molecule has 0 saturated heterocycles. The van der Waals surface area contributed by atoms with E-state index in [1.165, 1.54) is 25.9 Å². The van der Waals surface area contributed by atoms with Crippen LogP contribution in [-0.4, -0.2) is 37.1 Å². The summed E-state index contributed by atoms with van der Waals surface area (Å²) < 4.78 is 0. The molecule has 0 rings (SSSR count). The van der Waals surface area contributed by atoms with Gasteiger partial charge in [-0.1, -0.05) is 34.6 Å². The molecule has 0 aromatic carbocycles. The van der Waals surface area contributed by atoms with Crippen molar-refractivity contribution in [2.24, 2.45) is 5.92 Å². The minimum atomic E-state index is 0.712. The van der Waals surface area contributed by atoms with Crippen molar-refractivity contribution in [3.63, 3.8) is 0 Å². The molecule has 0 radical (unpaired) electrons. The second-order valence-electron chi connectivity index (χ2n) is 4.75. The van der Waals surface area contributed by atoms with Crippen molar-refractivity contribution in [2.75, 3.05) is 26.2 Å². The maximum Gasteiger partial charge on any atom is 0.0218 e. The van der Waals surface area contributed by atoms with Crippen LogP contribution in [-0.2, 0) is 0 Å². The van der Waals surface area contributed by atoms with Gasteiger partial charge in [-0.15, -0.1) is 0 Å². The number of hydrogen-bond acceptors (Lipinski definition) is 2. The molecule has 15 heavy (non-hydrogen) atoms. The molecular formula is C13H30N2. The first-order chi connectivity index (χ1) is 7.15. The van der Waals surface area contributed by atoms with E-state index in [4.69, 9.17) is 0 Å². The lowest BCUT2D eigenvalue weighted by Crippen LogP contribution is -2.43. The molecule has 0 aromatic heterocycles. The van der Waals surface area contributed by atoms with Crippen LogP contribution in [0.15, 0.2) is 0 Å². The predicted molar refractivity (Wildman–Crippen MR) is 69.3 cm³/mol. The maximum atomic E-state index is 3.53. The molecular weight excluding hydrogens is 184 g/mol. The lowest BCUT2D eigenvalue weighted by molar-refractivity contribution is 0.176. The third-order valence-corrected chi connectivity index (χ3v) is 2.80. The SMILES string of the molecule is CCCNCC(CC)N(CC)CC(C)C. The fourth-order valence-corrected chi connectivity index (χ4v) is 1.98. The van der Waals surface area contributed by atoms with Gasteiger partial charge >= 0.3 is 0 Å². The van der Waals surface area contributed by atoms with E-state index in [-0.39, 0.29) is 0 Å². The first-order valence-corrected chi connectivity index (χ1v) is 6.60. The van der Waals surface area contributed by atoms with Crippen molar-refractivity contribution in [1.29, 1.82) is 0 Å². The van der Waals surface area contributed by atoms with E-state index in [0.29, 0.717) is 6.04 Å². The molecule has 2 heteroatoms. The van der Waals surface area contributed by atoms with E-state index in [1.807, 2.05) is 0 Å². The zero-order chi connectivity index (χ0) is 11.7. The summed E-state index contributed by atoms with van der Waals surface area (Å²) in [5.41, 5.74) is 0. The van der Waals surface area contributed by atoms with Gasteiger partial charge in [-0.05, 0) is 31.8 Å². The Morgan fingerprint density at radius 1 is 1.13 bits per heavy atom. The first-order valence-electron chi connectivity index (χ1n) is 6.60. The summed E-state index contributed by atoms with van der Waals surface area (Å²) in [6.07, 6.45) is 2.48. The highest BCUT2D eigenvalue weighted by atomic mass is 15.2. The summed E-state index contributed by atoms with van der Waals surface area (Å²) >= 11 is 0. The summed E-state index contributed by atoms with van der Waals surface area (Å²) in [5, 5.41) is 3.53. The van der Waals surface area contributed by atoms with Gasteiger partial charge in [0.2, 0.25) is 0 Å². The van der Waals surface area contributed by atoms with Crippen LogP contribution in [0.4, 0.5) is 0 Å². The van der Waals surface area contributed by atoms with Crippen LogP contribution in [0.5, 0.6) is 0 Å². The van der Waals surface area contributed by atoms with Gasteiger partial charge in [-0.3, -0.25) is 4.90 Å². The fraction of sp³-hybridized carbons (Fsp3) is 1.00. The topological polar surface area (TPSA) is 15.3 Å². The molecule has 0 heterocycles. The highest BCUT2D eigenvalue weighted by molar-refractivity contribution is 4.72. The first kappa shape index (κ1) is 14.9. The quantitative estimate of drug-likeness (QED) is 0.594. The molecule has 0 fully saturated rings. The molecule has 92 valence electrons. The summed E-state index contributed by atoms with van der Waals surface area (Å²) in [4.78, 5) is 2.60. The smallest absolute Gasteiger partial charge is 0.0218 e. The second kappa shape index (κ2) is 9.17. The lowest BCUT2D eigenvalue weighted by Gasteiger charge is -2.31. The second-order valence-corrected chi connectivity index (χ2v) is 4.75. The van der Waals surface area contributed by atoms with Crippen LogP contribution >= 0.6 is 0 Å². The number of nitrogens with zero attached hydrogens (tertiary/aromatic N) is 1. The minimum Gasteiger partial charge on any atom is -0.315 e. The summed E-state index contributed by atoms with van der Waals surface area (Å²) in [6.45, 7) is 16.1. The van der Waals surface area contributed by atoms with E-state index < -0.39 is 0 Å². The van der Waals surface area contributed by atoms with Gasteiger partial charge in [0.05, 0.1) is 0 Å². The van der Waals surface area contributed by atoms with Crippen LogP contribution in [0.2, 0.25) is 0 Å². The molecule has 0 spiro atoms. The van der Waals surface area contributed by atoms with Crippen molar-refractivity contribution in [1.82, 2.24) is 10.2 Å². The third kappa shape index (κ3) is 6.91. The minimum absolute atomic E-state index is 0.712. The van der Waals surface area contributed by atoms with Crippen molar-refractivity contribution in [2.45, 2.75) is 53.5 Å². The molecule has 1 atom stereocenters. The van der Waals surface area contributed by atoms with Crippen molar-refractivity contribution >= 4 is 0 Å². The van der Waals surface area contributed by atoms with Crippen molar-refractivity contribution in [3.05, 3.63) is 0 Å². The van der Waals surface area contributed by atoms with Gasteiger partial charge in [-0.2, -0.15) is 0 Å². The zero-order valence-corrected chi connectivity index (χ0v) is 11.3. The number of likely N-dealkylation sites (N-methyl/N-ethyl adjacent to an activating group) is 1. The Kier molecular flexibility index (Phi) is 9.12. The maximum absolute atomic E-state index is 3.53. The lowest BCUT2D eigenvalue weighted by atomic mass is 10.1. The molecule has 1 N–H and O–H groups in total. The van der Waals surface area contributed by atoms with Crippen molar-refractivity contribution in [3.8, 4) is 0 Å². The average Bonchev–Trinajstić information content (AvgIpc) is 2.21. The molecule has 0 bridgehead atoms. The normalized spacial score (nSPS) is 13.8. The number of rotatable bonds is 9. The largest absolute Gasteiger partial charge is 0.315 e. The average molecular weight is 214 g/mol. The van der Waals surface area contributed by atoms with Crippen molar-refractivity contribution < 1.29 is 0 Å². The van der Waals surface area contributed by atoms with E-state index in [9.17, 15) is 0 Å². The summed E-state index contributed by atoms with van der Waals surface area (Å²) in [7, 11) is 0. The van der Waals surface area contributed by atoms with Gasteiger partial charge in [0.15, 0.2) is 0 Å². The number of hydrogen-bond donors (Lipinski definition) is 1. The van der Waals surface area contributed by atoms with E-state index in [0.717, 1.165) is 19.0 Å². The van der Waals surface area contributed by atoms with Crippen LogP contribution in [0.3, 0.4) is 0 Å².